The number of hydrogen-bond donors (Lipinski definition) is 2. The summed E-state index contributed by atoms with van der Waals surface area (Å²) in [6.45, 7) is 18.0. The highest BCUT2D eigenvalue weighted by Crippen LogP contribution is 2.57. The van der Waals surface area contributed by atoms with Crippen molar-refractivity contribution in [3.8, 4) is 0 Å². The molecule has 214 valence electrons. The van der Waals surface area contributed by atoms with Crippen LogP contribution in [0.5, 0.6) is 0 Å². The third-order valence-electron chi connectivity index (χ3n) is 8.35. The van der Waals surface area contributed by atoms with E-state index in [1.165, 1.54) is 11.1 Å². The summed E-state index contributed by atoms with van der Waals surface area (Å²) in [4.78, 5) is 24.7. The van der Waals surface area contributed by atoms with Gasteiger partial charge in [-0.15, -0.1) is 11.8 Å². The summed E-state index contributed by atoms with van der Waals surface area (Å²) in [5.74, 6) is -3.57. The predicted octanol–water partition coefficient (Wildman–Crippen LogP) is 8.74. The Morgan fingerprint density at radius 2 is 1.28 bits per heavy atom. The summed E-state index contributed by atoms with van der Waals surface area (Å²) in [6.07, 6.45) is 1.29. The van der Waals surface area contributed by atoms with E-state index < -0.39 is 34.6 Å². The Morgan fingerprint density at radius 3 is 1.74 bits per heavy atom. The van der Waals surface area contributed by atoms with Crippen LogP contribution in [0.15, 0.2) is 60.7 Å². The van der Waals surface area contributed by atoms with Gasteiger partial charge in [0, 0.05) is 17.1 Å². The fraction of sp³-hybridized carbons (Fsp3) is 0.545. The van der Waals surface area contributed by atoms with Gasteiger partial charge in [0.25, 0.3) is 0 Å². The zero-order valence-electron chi connectivity index (χ0n) is 24.9. The summed E-state index contributed by atoms with van der Waals surface area (Å²) in [7, 11) is 0. The molecule has 2 rings (SSSR count). The van der Waals surface area contributed by atoms with Gasteiger partial charge in [0.05, 0.1) is 16.0 Å². The molecule has 0 saturated carbocycles. The van der Waals surface area contributed by atoms with Gasteiger partial charge in [-0.05, 0) is 47.6 Å². The van der Waals surface area contributed by atoms with Crippen molar-refractivity contribution in [2.24, 2.45) is 28.1 Å². The molecule has 0 aliphatic carbocycles. The third kappa shape index (κ3) is 8.17. The number of carbonyl (C=O) groups is 2. The Balaban J connectivity index is 2.50. The first-order valence-corrected chi connectivity index (χ1v) is 14.8. The van der Waals surface area contributed by atoms with Gasteiger partial charge < -0.3 is 10.2 Å². The molecule has 6 heteroatoms. The summed E-state index contributed by atoms with van der Waals surface area (Å²) < 4.78 is 0.622. The van der Waals surface area contributed by atoms with Crippen molar-refractivity contribution in [2.45, 2.75) is 85.8 Å². The number of thioether (sulfide) groups is 1. The zero-order chi connectivity index (χ0) is 29.8. The lowest BCUT2D eigenvalue weighted by Gasteiger charge is -2.51. The van der Waals surface area contributed by atoms with E-state index in [4.69, 9.17) is 12.2 Å². The first-order valence-electron chi connectivity index (χ1n) is 13.6. The van der Waals surface area contributed by atoms with Crippen LogP contribution in [-0.2, 0) is 16.0 Å². The number of rotatable bonds is 13. The molecule has 0 fully saturated rings. The van der Waals surface area contributed by atoms with E-state index in [-0.39, 0.29) is 16.1 Å². The van der Waals surface area contributed by atoms with E-state index in [1.807, 2.05) is 50.2 Å². The fourth-order valence-corrected chi connectivity index (χ4v) is 9.41. The zero-order valence-corrected chi connectivity index (χ0v) is 26.6. The molecule has 0 amide bonds. The van der Waals surface area contributed by atoms with Crippen LogP contribution in [0.4, 0.5) is 0 Å². The Kier molecular flexibility index (Phi) is 10.6. The monoisotopic (exact) mass is 570 g/mol. The third-order valence-corrected chi connectivity index (χ3v) is 9.88. The fourth-order valence-electron chi connectivity index (χ4n) is 7.20. The van der Waals surface area contributed by atoms with Crippen LogP contribution in [-0.4, -0.2) is 31.1 Å². The summed E-state index contributed by atoms with van der Waals surface area (Å²) in [5, 5.41) is 20.2. The first-order chi connectivity index (χ1) is 17.8. The molecule has 0 aromatic heterocycles. The van der Waals surface area contributed by atoms with Crippen LogP contribution >= 0.6 is 24.0 Å². The highest BCUT2D eigenvalue weighted by molar-refractivity contribution is 8.24. The highest BCUT2D eigenvalue weighted by atomic mass is 32.2. The van der Waals surface area contributed by atoms with Crippen molar-refractivity contribution in [1.82, 2.24) is 0 Å². The normalized spacial score (nSPS) is 15.3. The van der Waals surface area contributed by atoms with E-state index in [2.05, 4.69) is 52.0 Å². The Labute approximate surface area is 245 Å². The average molecular weight is 571 g/mol. The van der Waals surface area contributed by atoms with Gasteiger partial charge >= 0.3 is 11.9 Å². The molecule has 2 aromatic carbocycles. The quantitative estimate of drug-likeness (QED) is 0.235. The lowest BCUT2D eigenvalue weighted by atomic mass is 9.54. The molecule has 0 bridgehead atoms. The maximum Gasteiger partial charge on any atom is 0.307 e. The van der Waals surface area contributed by atoms with Gasteiger partial charge in [0.2, 0.25) is 0 Å². The van der Waals surface area contributed by atoms with E-state index in [1.54, 1.807) is 32.5 Å². The van der Waals surface area contributed by atoms with Gasteiger partial charge in [-0.1, -0.05) is 121 Å². The SMILES string of the molecule is CC(C(=O)O)C(C)(C)C(C(=O)O)C(C)(C)CC(C)(C)C(c1ccccc1)C(C)(C)SC(=S)Cc1ccccc1. The summed E-state index contributed by atoms with van der Waals surface area (Å²) in [6, 6.07) is 20.6. The molecular formula is C33H46O4S2. The number of thiocarbonyl (C=S) groups is 1. The topological polar surface area (TPSA) is 74.6 Å². The van der Waals surface area contributed by atoms with Gasteiger partial charge in [-0.3, -0.25) is 9.59 Å². The summed E-state index contributed by atoms with van der Waals surface area (Å²) in [5.41, 5.74) is 0.367. The van der Waals surface area contributed by atoms with Gasteiger partial charge in [-0.25, -0.2) is 0 Å². The molecule has 3 unspecified atom stereocenters. The van der Waals surface area contributed by atoms with Crippen molar-refractivity contribution >= 4 is 40.1 Å². The van der Waals surface area contributed by atoms with E-state index in [9.17, 15) is 19.8 Å². The number of aliphatic carboxylic acids is 2. The second-order valence-electron chi connectivity index (χ2n) is 13.4. The molecule has 39 heavy (non-hydrogen) atoms. The Hall–Kier alpha value is -2.18. The van der Waals surface area contributed by atoms with Crippen LogP contribution in [0, 0.1) is 28.1 Å². The Bertz CT molecular complexity index is 1140. The predicted molar refractivity (Wildman–Crippen MR) is 167 cm³/mol. The maximum atomic E-state index is 12.7. The van der Waals surface area contributed by atoms with Crippen LogP contribution in [0.3, 0.4) is 0 Å². The van der Waals surface area contributed by atoms with Crippen molar-refractivity contribution in [2.75, 3.05) is 0 Å². The lowest BCUT2D eigenvalue weighted by molar-refractivity contribution is -0.161. The minimum atomic E-state index is -0.979. The second-order valence-corrected chi connectivity index (χ2v) is 15.9. The van der Waals surface area contributed by atoms with Crippen LogP contribution in [0.1, 0.15) is 85.8 Å². The molecule has 0 aliphatic rings. The molecule has 0 spiro atoms. The number of carboxylic acid groups (broad SMARTS) is 2. The van der Waals surface area contributed by atoms with Gasteiger partial charge in [0.15, 0.2) is 0 Å². The molecule has 2 N–H and O–H groups in total. The molecule has 0 saturated heterocycles. The number of hydrogen-bond acceptors (Lipinski definition) is 4. The minimum absolute atomic E-state index is 0.0404. The van der Waals surface area contributed by atoms with E-state index in [0.717, 1.165) is 4.20 Å². The number of benzene rings is 2. The van der Waals surface area contributed by atoms with Crippen molar-refractivity contribution in [3.63, 3.8) is 0 Å². The maximum absolute atomic E-state index is 12.7. The number of carboxylic acids is 2. The standard InChI is InChI=1S/C33H46O4S2/c1-22(28(34)35)32(6,7)27(29(36)37)31(4,5)21-30(2,3)26(24-18-14-11-15-19-24)33(8,9)39-25(38)20-23-16-12-10-13-17-23/h10-19,22,26-27H,20-21H2,1-9H3,(H,34,35)(H,36,37). The molecule has 0 heterocycles. The van der Waals surface area contributed by atoms with Crippen LogP contribution in [0.25, 0.3) is 0 Å². The van der Waals surface area contributed by atoms with E-state index >= 15 is 0 Å². The minimum Gasteiger partial charge on any atom is -0.481 e. The smallest absolute Gasteiger partial charge is 0.307 e. The Morgan fingerprint density at radius 1 is 0.795 bits per heavy atom. The molecule has 3 atom stereocenters. The van der Waals surface area contributed by atoms with Gasteiger partial charge in [0.1, 0.15) is 0 Å². The molecule has 0 aliphatic heterocycles. The van der Waals surface area contributed by atoms with Crippen molar-refractivity contribution in [1.29, 1.82) is 0 Å². The molecular weight excluding hydrogens is 524 g/mol. The molecule has 0 radical (unpaired) electrons. The summed E-state index contributed by atoms with van der Waals surface area (Å²) >= 11 is 7.61. The van der Waals surface area contributed by atoms with Gasteiger partial charge in [-0.2, -0.15) is 0 Å². The van der Waals surface area contributed by atoms with Crippen LogP contribution in [0.2, 0.25) is 0 Å². The lowest BCUT2D eigenvalue weighted by Crippen LogP contribution is -2.49. The molecule has 2 aromatic rings. The highest BCUT2D eigenvalue weighted by Gasteiger charge is 2.53. The average Bonchev–Trinajstić information content (AvgIpc) is 2.77. The molecule has 4 nitrogen and oxygen atoms in total. The largest absolute Gasteiger partial charge is 0.481 e. The second kappa shape index (κ2) is 12.6. The first kappa shape index (κ1) is 33.0. The van der Waals surface area contributed by atoms with E-state index in [0.29, 0.717) is 12.8 Å². The van der Waals surface area contributed by atoms with Crippen molar-refractivity contribution < 1.29 is 19.8 Å². The van der Waals surface area contributed by atoms with Crippen molar-refractivity contribution in [3.05, 3.63) is 71.8 Å². The van der Waals surface area contributed by atoms with Crippen LogP contribution < -0.4 is 0 Å².